The minimum Gasteiger partial charge on any atom is -0.422 e. The molecule has 0 amide bonds. The van der Waals surface area contributed by atoms with Crippen molar-refractivity contribution in [3.63, 3.8) is 0 Å². The molecule has 0 spiro atoms. The van der Waals surface area contributed by atoms with Crippen LogP contribution >= 0.6 is 0 Å². The Hall–Kier alpha value is -1.69. The van der Waals surface area contributed by atoms with Gasteiger partial charge in [0.15, 0.2) is 0 Å². The normalized spacial score (nSPS) is 16.6. The third-order valence-corrected chi connectivity index (χ3v) is 5.10. The van der Waals surface area contributed by atoms with Gasteiger partial charge >= 0.3 is 5.63 Å². The molecule has 1 aromatic carbocycles. The largest absolute Gasteiger partial charge is 0.422 e. The van der Waals surface area contributed by atoms with Gasteiger partial charge in [-0.3, -0.25) is 4.90 Å². The van der Waals surface area contributed by atoms with Crippen LogP contribution in [-0.2, 0) is 11.3 Å². The summed E-state index contributed by atoms with van der Waals surface area (Å²) in [5.74, 6) is 0. The number of rotatable bonds is 6. The van der Waals surface area contributed by atoms with Gasteiger partial charge < -0.3 is 14.3 Å². The molecule has 1 aromatic heterocycles. The van der Waals surface area contributed by atoms with Gasteiger partial charge in [0.25, 0.3) is 0 Å². The number of hydrogen-bond donors (Lipinski definition) is 1. The fourth-order valence-corrected chi connectivity index (χ4v) is 3.44. The van der Waals surface area contributed by atoms with Crippen molar-refractivity contribution in [2.45, 2.75) is 45.8 Å². The summed E-state index contributed by atoms with van der Waals surface area (Å²) in [7, 11) is 0. The van der Waals surface area contributed by atoms with Gasteiger partial charge in [-0.15, -0.1) is 0 Å². The van der Waals surface area contributed by atoms with Crippen LogP contribution in [0.5, 0.6) is 0 Å². The molecule has 0 aliphatic carbocycles. The number of likely N-dealkylation sites (tertiary alicyclic amines) is 1. The fraction of sp³-hybridized carbons (Fsp3) is 0.550. The lowest BCUT2D eigenvalue weighted by molar-refractivity contribution is 0.000836. The van der Waals surface area contributed by atoms with Gasteiger partial charge in [0.1, 0.15) is 5.58 Å². The molecular weight excluding hydrogens is 318 g/mol. The van der Waals surface area contributed by atoms with Crippen LogP contribution in [0.25, 0.3) is 11.0 Å². The summed E-state index contributed by atoms with van der Waals surface area (Å²) in [4.78, 5) is 14.4. The summed E-state index contributed by atoms with van der Waals surface area (Å²) in [5.41, 5.74) is 3.64. The topological polar surface area (TPSA) is 62.9 Å². The highest BCUT2D eigenvalue weighted by Crippen LogP contribution is 2.25. The number of ether oxygens (including phenoxy) is 1. The van der Waals surface area contributed by atoms with Gasteiger partial charge in [-0.05, 0) is 49.8 Å². The van der Waals surface area contributed by atoms with E-state index in [4.69, 9.17) is 14.3 Å². The summed E-state index contributed by atoms with van der Waals surface area (Å²) < 4.78 is 11.2. The first-order valence-corrected chi connectivity index (χ1v) is 9.06. The number of piperidine rings is 1. The molecule has 1 saturated heterocycles. The summed E-state index contributed by atoms with van der Waals surface area (Å²) >= 11 is 0. The van der Waals surface area contributed by atoms with Gasteiger partial charge in [0.05, 0.1) is 6.10 Å². The molecule has 3 rings (SSSR count). The number of aliphatic hydroxyl groups excluding tert-OH is 1. The summed E-state index contributed by atoms with van der Waals surface area (Å²) in [5, 5.41) is 9.86. The molecule has 1 aliphatic rings. The van der Waals surface area contributed by atoms with Crippen molar-refractivity contribution in [2.75, 3.05) is 26.3 Å². The minimum atomic E-state index is -0.279. The van der Waals surface area contributed by atoms with Crippen molar-refractivity contribution < 1.29 is 14.3 Å². The Balaban J connectivity index is 1.70. The van der Waals surface area contributed by atoms with E-state index in [9.17, 15) is 4.79 Å². The molecule has 5 heteroatoms. The van der Waals surface area contributed by atoms with Crippen LogP contribution in [-0.4, -0.2) is 42.4 Å². The first-order chi connectivity index (χ1) is 12.1. The van der Waals surface area contributed by atoms with E-state index in [1.807, 2.05) is 13.8 Å². The van der Waals surface area contributed by atoms with E-state index in [-0.39, 0.29) is 18.3 Å². The maximum Gasteiger partial charge on any atom is 0.336 e. The van der Waals surface area contributed by atoms with Crippen LogP contribution in [0.1, 0.15) is 36.0 Å². The van der Waals surface area contributed by atoms with Crippen molar-refractivity contribution in [2.24, 2.45) is 0 Å². The van der Waals surface area contributed by atoms with Crippen LogP contribution in [0, 0.1) is 13.8 Å². The van der Waals surface area contributed by atoms with E-state index >= 15 is 0 Å². The fourth-order valence-electron chi connectivity index (χ4n) is 3.44. The lowest BCUT2D eigenvalue weighted by Crippen LogP contribution is -2.37. The minimum absolute atomic E-state index is 0.182. The van der Waals surface area contributed by atoms with E-state index in [0.29, 0.717) is 18.6 Å². The molecule has 0 bridgehead atoms. The molecule has 1 aliphatic heterocycles. The second-order valence-electron chi connectivity index (χ2n) is 6.90. The van der Waals surface area contributed by atoms with E-state index in [1.54, 1.807) is 6.07 Å². The third kappa shape index (κ3) is 4.29. The zero-order chi connectivity index (χ0) is 17.8. The molecule has 0 radical (unpaired) electrons. The van der Waals surface area contributed by atoms with E-state index in [0.717, 1.165) is 54.6 Å². The number of nitrogens with zero attached hydrogens (tertiary/aromatic N) is 1. The maximum absolute atomic E-state index is 12.0. The third-order valence-electron chi connectivity index (χ3n) is 5.10. The van der Waals surface area contributed by atoms with Crippen molar-refractivity contribution in [1.82, 2.24) is 4.90 Å². The quantitative estimate of drug-likeness (QED) is 0.644. The molecule has 0 atom stereocenters. The standard InChI is InChI=1S/C20H27NO4/c1-14-4-5-18-16(12-19(23)25-20(18)15(14)2)13-21-8-6-17(7-9-21)24-11-3-10-22/h4-5,12,17,22H,3,6-11,13H2,1-2H3. The van der Waals surface area contributed by atoms with Crippen molar-refractivity contribution >= 4 is 11.0 Å². The van der Waals surface area contributed by atoms with E-state index in [1.165, 1.54) is 0 Å². The predicted molar refractivity (Wildman–Crippen MR) is 97.9 cm³/mol. The Morgan fingerprint density at radius 2 is 2.04 bits per heavy atom. The SMILES string of the molecule is Cc1ccc2c(CN3CCC(OCCCO)CC3)cc(=O)oc2c1C. The average Bonchev–Trinajstić information content (AvgIpc) is 2.60. The van der Waals surface area contributed by atoms with Gasteiger partial charge in [0.2, 0.25) is 0 Å². The number of hydrogen-bond acceptors (Lipinski definition) is 5. The summed E-state index contributed by atoms with van der Waals surface area (Å²) in [6.45, 7) is 7.51. The van der Waals surface area contributed by atoms with Crippen LogP contribution in [0.15, 0.2) is 27.4 Å². The van der Waals surface area contributed by atoms with E-state index < -0.39 is 0 Å². The number of fused-ring (bicyclic) bond motifs is 1. The lowest BCUT2D eigenvalue weighted by atomic mass is 10.0. The van der Waals surface area contributed by atoms with Crippen molar-refractivity contribution in [3.8, 4) is 0 Å². The number of benzene rings is 1. The van der Waals surface area contributed by atoms with Crippen molar-refractivity contribution in [1.29, 1.82) is 0 Å². The smallest absolute Gasteiger partial charge is 0.336 e. The molecule has 0 unspecified atom stereocenters. The van der Waals surface area contributed by atoms with Crippen LogP contribution < -0.4 is 5.63 Å². The maximum atomic E-state index is 12.0. The molecule has 1 fully saturated rings. The van der Waals surface area contributed by atoms with Gasteiger partial charge in [-0.1, -0.05) is 12.1 Å². The van der Waals surface area contributed by atoms with Gasteiger partial charge in [-0.2, -0.15) is 0 Å². The Morgan fingerprint density at radius 1 is 1.28 bits per heavy atom. The first kappa shape index (κ1) is 18.1. The zero-order valence-corrected chi connectivity index (χ0v) is 15.1. The van der Waals surface area contributed by atoms with E-state index in [2.05, 4.69) is 17.0 Å². The van der Waals surface area contributed by atoms with Gasteiger partial charge in [-0.25, -0.2) is 4.79 Å². The van der Waals surface area contributed by atoms with Crippen LogP contribution in [0.2, 0.25) is 0 Å². The highest BCUT2D eigenvalue weighted by molar-refractivity contribution is 5.83. The molecule has 1 N–H and O–H groups in total. The zero-order valence-electron chi connectivity index (χ0n) is 15.1. The Labute approximate surface area is 148 Å². The Morgan fingerprint density at radius 3 is 2.76 bits per heavy atom. The van der Waals surface area contributed by atoms with Crippen LogP contribution in [0.4, 0.5) is 0 Å². The van der Waals surface area contributed by atoms with Crippen molar-refractivity contribution in [3.05, 3.63) is 45.3 Å². The molecule has 2 aromatic rings. The summed E-state index contributed by atoms with van der Waals surface area (Å²) in [6, 6.07) is 5.77. The highest BCUT2D eigenvalue weighted by Gasteiger charge is 2.21. The average molecular weight is 345 g/mol. The molecule has 0 saturated carbocycles. The first-order valence-electron chi connectivity index (χ1n) is 9.06. The molecule has 136 valence electrons. The van der Waals surface area contributed by atoms with Gasteiger partial charge in [0, 0.05) is 44.3 Å². The monoisotopic (exact) mass is 345 g/mol. The lowest BCUT2D eigenvalue weighted by Gasteiger charge is -2.32. The number of aliphatic hydroxyl groups is 1. The molecule has 25 heavy (non-hydrogen) atoms. The summed E-state index contributed by atoms with van der Waals surface area (Å²) in [6.07, 6.45) is 2.96. The second kappa shape index (κ2) is 8.13. The highest BCUT2D eigenvalue weighted by atomic mass is 16.5. The predicted octanol–water partition coefficient (Wildman–Crippen LogP) is 2.77. The van der Waals surface area contributed by atoms with Crippen LogP contribution in [0.3, 0.4) is 0 Å². The molecule has 2 heterocycles. The molecular formula is C20H27NO4. The second-order valence-corrected chi connectivity index (χ2v) is 6.90. The Kier molecular flexibility index (Phi) is 5.89. The molecule has 5 nitrogen and oxygen atoms in total. The Bertz CT molecular complexity index is 775. The number of aryl methyl sites for hydroxylation is 2.